The maximum Gasteiger partial charge on any atom is 0.242 e. The van der Waals surface area contributed by atoms with E-state index in [0.717, 1.165) is 37.9 Å². The molecular weight excluding hydrogens is 390 g/mol. The van der Waals surface area contributed by atoms with Gasteiger partial charge in [-0.15, -0.1) is 0 Å². The largest absolute Gasteiger partial charge is 0.543 e. The number of ketones is 1. The third kappa shape index (κ3) is 3.97. The maximum atomic E-state index is 12.6. The molecule has 3 aliphatic carbocycles. The van der Waals surface area contributed by atoms with Crippen LogP contribution in [0.1, 0.15) is 56.1 Å². The van der Waals surface area contributed by atoms with E-state index in [-0.39, 0.29) is 5.41 Å². The van der Waals surface area contributed by atoms with Crippen LogP contribution in [-0.2, 0) is 11.2 Å². The molecule has 0 unspecified atom stereocenters. The van der Waals surface area contributed by atoms with Gasteiger partial charge in [-0.1, -0.05) is 26.6 Å². The summed E-state index contributed by atoms with van der Waals surface area (Å²) in [5.74, 6) is 3.49. The third-order valence-corrected chi connectivity index (χ3v) is 9.31. The molecule has 0 aliphatic heterocycles. The Bertz CT molecular complexity index is 823. The molecule has 29 heavy (non-hydrogen) atoms. The van der Waals surface area contributed by atoms with Crippen LogP contribution in [0.2, 0.25) is 39.3 Å². The van der Waals surface area contributed by atoms with Crippen molar-refractivity contribution in [2.24, 2.45) is 17.3 Å². The van der Waals surface area contributed by atoms with E-state index < -0.39 is 16.6 Å². The molecule has 3 nitrogen and oxygen atoms in total. The van der Waals surface area contributed by atoms with Crippen molar-refractivity contribution in [3.8, 4) is 5.75 Å². The molecule has 1 N–H and O–H groups in total. The monoisotopic (exact) mass is 429 g/mol. The summed E-state index contributed by atoms with van der Waals surface area (Å²) in [6.45, 7) is 16.1. The first-order valence-corrected chi connectivity index (χ1v) is 18.5. The van der Waals surface area contributed by atoms with Crippen molar-refractivity contribution in [2.75, 3.05) is 4.98 Å². The first kappa shape index (κ1) is 21.2. The lowest BCUT2D eigenvalue weighted by atomic mass is 9.55. The summed E-state index contributed by atoms with van der Waals surface area (Å²) >= 11 is 0. The summed E-state index contributed by atoms with van der Waals surface area (Å²) < 4.78 is 6.53. The number of carbonyl (C=O) groups is 1. The Morgan fingerprint density at radius 1 is 1.03 bits per heavy atom. The van der Waals surface area contributed by atoms with Gasteiger partial charge in [0.1, 0.15) is 19.8 Å². The molecule has 0 radical (unpaired) electrons. The zero-order valence-corrected chi connectivity index (χ0v) is 21.4. The highest BCUT2D eigenvalue weighted by Gasteiger charge is 2.54. The number of aryl methyl sites for hydroxylation is 1. The van der Waals surface area contributed by atoms with Crippen molar-refractivity contribution in [2.45, 2.75) is 90.6 Å². The molecule has 0 heterocycles. The van der Waals surface area contributed by atoms with Crippen LogP contribution >= 0.6 is 0 Å². The predicted octanol–water partition coefficient (Wildman–Crippen LogP) is 6.57. The quantitative estimate of drug-likeness (QED) is 0.550. The lowest BCUT2D eigenvalue weighted by molar-refractivity contribution is -0.129. The average Bonchev–Trinajstić information content (AvgIpc) is 2.88. The highest BCUT2D eigenvalue weighted by atomic mass is 28.4. The maximum absolute atomic E-state index is 12.6. The summed E-state index contributed by atoms with van der Waals surface area (Å²) in [5, 5.41) is 0. The number of anilines is 1. The van der Waals surface area contributed by atoms with Gasteiger partial charge in [-0.3, -0.25) is 4.79 Å². The van der Waals surface area contributed by atoms with E-state index in [1.807, 2.05) is 0 Å². The van der Waals surface area contributed by atoms with E-state index in [4.69, 9.17) is 4.43 Å². The van der Waals surface area contributed by atoms with Crippen molar-refractivity contribution in [3.63, 3.8) is 0 Å². The van der Waals surface area contributed by atoms with E-state index in [2.05, 4.69) is 63.3 Å². The Labute approximate surface area is 179 Å². The van der Waals surface area contributed by atoms with E-state index >= 15 is 0 Å². The van der Waals surface area contributed by atoms with Gasteiger partial charge in [0, 0.05) is 11.8 Å². The van der Waals surface area contributed by atoms with Gasteiger partial charge in [-0.2, -0.15) is 0 Å². The number of fused-ring (bicyclic) bond motifs is 5. The molecule has 4 rings (SSSR count). The minimum Gasteiger partial charge on any atom is -0.543 e. The zero-order chi connectivity index (χ0) is 21.2. The van der Waals surface area contributed by atoms with Crippen LogP contribution in [0, 0.1) is 17.3 Å². The molecule has 0 aromatic heterocycles. The fourth-order valence-corrected chi connectivity index (χ4v) is 8.12. The van der Waals surface area contributed by atoms with Crippen molar-refractivity contribution >= 4 is 28.0 Å². The molecule has 160 valence electrons. The topological polar surface area (TPSA) is 38.3 Å². The van der Waals surface area contributed by atoms with Crippen LogP contribution in [0.4, 0.5) is 5.69 Å². The molecule has 0 saturated heterocycles. The molecule has 4 atom stereocenters. The van der Waals surface area contributed by atoms with Gasteiger partial charge in [0.25, 0.3) is 0 Å². The second kappa shape index (κ2) is 6.98. The van der Waals surface area contributed by atoms with Gasteiger partial charge in [0.05, 0.1) is 5.69 Å². The number of nitrogens with one attached hydrogen (secondary N) is 1. The van der Waals surface area contributed by atoms with Crippen LogP contribution in [0.3, 0.4) is 0 Å². The van der Waals surface area contributed by atoms with E-state index in [1.165, 1.54) is 17.7 Å². The fourth-order valence-electron chi connectivity index (χ4n) is 6.29. The van der Waals surface area contributed by atoms with Crippen LogP contribution in [-0.4, -0.2) is 22.3 Å². The molecule has 3 aliphatic rings. The van der Waals surface area contributed by atoms with Crippen LogP contribution in [0.15, 0.2) is 12.1 Å². The number of hydrogen-bond acceptors (Lipinski definition) is 3. The second-order valence-electron chi connectivity index (χ2n) is 12.0. The smallest absolute Gasteiger partial charge is 0.242 e. The minimum absolute atomic E-state index is 0.0427. The lowest BCUT2D eigenvalue weighted by Crippen LogP contribution is -2.42. The van der Waals surface area contributed by atoms with Crippen molar-refractivity contribution in [1.29, 1.82) is 0 Å². The summed E-state index contributed by atoms with van der Waals surface area (Å²) in [7, 11) is -3.18. The van der Waals surface area contributed by atoms with Crippen molar-refractivity contribution in [1.82, 2.24) is 0 Å². The molecule has 0 bridgehead atoms. The average molecular weight is 430 g/mol. The summed E-state index contributed by atoms with van der Waals surface area (Å²) in [5.41, 5.74) is 4.21. The molecule has 2 fully saturated rings. The Kier molecular flexibility index (Phi) is 5.09. The van der Waals surface area contributed by atoms with Gasteiger partial charge >= 0.3 is 0 Å². The van der Waals surface area contributed by atoms with E-state index in [1.54, 1.807) is 5.56 Å². The van der Waals surface area contributed by atoms with Gasteiger partial charge in [-0.05, 0) is 92.8 Å². The Balaban J connectivity index is 1.72. The summed E-state index contributed by atoms with van der Waals surface area (Å²) in [6.07, 6.45) is 6.52. The van der Waals surface area contributed by atoms with Crippen molar-refractivity contribution in [3.05, 3.63) is 23.3 Å². The highest BCUT2D eigenvalue weighted by Crippen LogP contribution is 2.60. The molecule has 0 amide bonds. The number of carbonyl (C=O) groups excluding carboxylic acids is 1. The Morgan fingerprint density at radius 2 is 1.76 bits per heavy atom. The van der Waals surface area contributed by atoms with Gasteiger partial charge in [-0.25, -0.2) is 0 Å². The fraction of sp³-hybridized carbons (Fsp3) is 0.708. The number of hydrogen-bond donors (Lipinski definition) is 1. The normalized spacial score (nSPS) is 31.7. The minimum atomic E-state index is -1.68. The number of rotatable bonds is 4. The first-order valence-electron chi connectivity index (χ1n) is 11.5. The third-order valence-electron chi connectivity index (χ3n) is 7.46. The Hall–Kier alpha value is -1.08. The van der Waals surface area contributed by atoms with Crippen molar-refractivity contribution < 1.29 is 9.22 Å². The molecule has 5 heteroatoms. The predicted molar refractivity (Wildman–Crippen MR) is 127 cm³/mol. The Morgan fingerprint density at radius 3 is 2.41 bits per heavy atom. The molecule has 1 aromatic rings. The number of Topliss-reactive ketones (excluding diaryl/α,β-unsaturated/α-hetero) is 1. The van der Waals surface area contributed by atoms with Crippen LogP contribution in [0.25, 0.3) is 0 Å². The molecule has 1 aromatic carbocycles. The summed E-state index contributed by atoms with van der Waals surface area (Å²) in [4.78, 5) is 16.5. The van der Waals surface area contributed by atoms with E-state index in [0.29, 0.717) is 23.5 Å². The highest BCUT2D eigenvalue weighted by molar-refractivity contribution is 6.79. The van der Waals surface area contributed by atoms with Gasteiger partial charge in [0.15, 0.2) is 0 Å². The molecular formula is C24H39NO2Si2. The zero-order valence-electron chi connectivity index (χ0n) is 19.4. The lowest BCUT2D eigenvalue weighted by Gasteiger charge is -2.48. The number of benzene rings is 1. The molecule has 0 spiro atoms. The van der Waals surface area contributed by atoms with Gasteiger partial charge in [0.2, 0.25) is 8.32 Å². The van der Waals surface area contributed by atoms with Gasteiger partial charge < -0.3 is 9.41 Å². The van der Waals surface area contributed by atoms with E-state index in [9.17, 15) is 4.79 Å². The van der Waals surface area contributed by atoms with Crippen LogP contribution < -0.4 is 9.41 Å². The van der Waals surface area contributed by atoms with Crippen LogP contribution in [0.5, 0.6) is 5.75 Å². The second-order valence-corrected chi connectivity index (χ2v) is 21.1. The molecule has 2 saturated carbocycles. The first-order chi connectivity index (χ1) is 13.4. The SMILES string of the molecule is C[C@]12CC[C@@H]3c4cc(N[Si](C)(C)C)c(O[Si](C)(C)C)cc4CC[C@H]3[C@@H]1CCC2=O. The summed E-state index contributed by atoms with van der Waals surface area (Å²) in [6, 6.07) is 4.80. The standard InChI is InChI=1S/C24H39NO2Si2/c1-24-13-12-17-18(20(24)10-11-23(24)26)9-8-16-14-22(27-29(5,6)7)21(15-19(16)17)25-28(2,3)4/h14-15,17-18,20,25H,8-13H2,1-7H3/t17-,18+,20-,24-/m0/s1.